The summed E-state index contributed by atoms with van der Waals surface area (Å²) in [7, 11) is 0. The van der Waals surface area contributed by atoms with Crippen LogP contribution in [0.5, 0.6) is 5.75 Å². The van der Waals surface area contributed by atoms with E-state index in [1.165, 1.54) is 17.3 Å². The van der Waals surface area contributed by atoms with Gasteiger partial charge in [-0.25, -0.2) is 4.99 Å². The smallest absolute Gasteiger partial charge is 0.266 e. The van der Waals surface area contributed by atoms with E-state index in [4.69, 9.17) is 9.73 Å². The van der Waals surface area contributed by atoms with E-state index in [-0.39, 0.29) is 5.91 Å². The average Bonchev–Trinajstić information content (AvgIpc) is 3.09. The molecular weight excluding hydrogens is 428 g/mol. The van der Waals surface area contributed by atoms with E-state index in [1.54, 1.807) is 4.90 Å². The summed E-state index contributed by atoms with van der Waals surface area (Å²) in [6.45, 7) is 9.73. The van der Waals surface area contributed by atoms with Gasteiger partial charge in [0.15, 0.2) is 5.17 Å². The van der Waals surface area contributed by atoms with Gasteiger partial charge >= 0.3 is 0 Å². The Labute approximate surface area is 200 Å². The van der Waals surface area contributed by atoms with Crippen LogP contribution >= 0.6 is 11.8 Å². The summed E-state index contributed by atoms with van der Waals surface area (Å²) in [6.07, 6.45) is 2.86. The van der Waals surface area contributed by atoms with Gasteiger partial charge in [-0.05, 0) is 66.2 Å². The molecule has 1 aliphatic heterocycles. The normalized spacial score (nSPS) is 16.5. The molecule has 3 aromatic carbocycles. The molecule has 1 aliphatic rings. The molecule has 170 valence electrons. The first-order valence-electron chi connectivity index (χ1n) is 11.5. The minimum Gasteiger partial charge on any atom is -0.493 e. The highest BCUT2D eigenvalue weighted by molar-refractivity contribution is 8.18. The van der Waals surface area contributed by atoms with Crippen LogP contribution in [0, 0.1) is 12.8 Å². The maximum atomic E-state index is 13.3. The van der Waals surface area contributed by atoms with Crippen LogP contribution < -0.4 is 4.74 Å². The third-order valence-electron chi connectivity index (χ3n) is 5.37. The van der Waals surface area contributed by atoms with Crippen molar-refractivity contribution in [2.75, 3.05) is 13.2 Å². The average molecular weight is 459 g/mol. The van der Waals surface area contributed by atoms with Gasteiger partial charge < -0.3 is 4.74 Å². The lowest BCUT2D eigenvalue weighted by Gasteiger charge is -2.14. The Balaban J connectivity index is 1.70. The molecule has 1 amide bonds. The van der Waals surface area contributed by atoms with E-state index in [0.717, 1.165) is 39.4 Å². The molecule has 3 aromatic rings. The lowest BCUT2D eigenvalue weighted by Crippen LogP contribution is -2.29. The molecule has 33 heavy (non-hydrogen) atoms. The number of ether oxygens (including phenoxy) is 1. The summed E-state index contributed by atoms with van der Waals surface area (Å²) in [6, 6.07) is 20.3. The SMILES string of the molecule is CCCN1C(=O)/C(=C\c2ccc(OCC(C)C)c3ccccc23)SC1=Nc1ccc(C)cc1. The number of amidine groups is 1. The van der Waals surface area contributed by atoms with Crippen LogP contribution in [0.4, 0.5) is 5.69 Å². The van der Waals surface area contributed by atoms with Crippen LogP contribution in [0.25, 0.3) is 16.8 Å². The maximum absolute atomic E-state index is 13.3. The fraction of sp³-hybridized carbons (Fsp3) is 0.286. The number of benzene rings is 3. The largest absolute Gasteiger partial charge is 0.493 e. The minimum atomic E-state index is 0.0110. The number of thioether (sulfide) groups is 1. The Morgan fingerprint density at radius 2 is 1.76 bits per heavy atom. The summed E-state index contributed by atoms with van der Waals surface area (Å²) < 4.78 is 6.05. The predicted molar refractivity (Wildman–Crippen MR) is 140 cm³/mol. The molecule has 4 rings (SSSR count). The Morgan fingerprint density at radius 3 is 2.45 bits per heavy atom. The van der Waals surface area contributed by atoms with Gasteiger partial charge in [0.1, 0.15) is 5.75 Å². The summed E-state index contributed by atoms with van der Waals surface area (Å²) in [5.41, 5.74) is 3.05. The van der Waals surface area contributed by atoms with E-state index in [0.29, 0.717) is 24.0 Å². The van der Waals surface area contributed by atoms with Crippen LogP contribution in [0.2, 0.25) is 0 Å². The summed E-state index contributed by atoms with van der Waals surface area (Å²) in [4.78, 5) is 20.5. The van der Waals surface area contributed by atoms with Crippen molar-refractivity contribution in [2.24, 2.45) is 10.9 Å². The molecule has 0 radical (unpaired) electrons. The van der Waals surface area contributed by atoms with Gasteiger partial charge in [0, 0.05) is 11.9 Å². The Hall–Kier alpha value is -3.05. The molecule has 1 saturated heterocycles. The number of aryl methyl sites for hydroxylation is 1. The summed E-state index contributed by atoms with van der Waals surface area (Å²) in [5.74, 6) is 1.34. The fourth-order valence-electron chi connectivity index (χ4n) is 3.69. The molecular formula is C28H30N2O2S. The Morgan fingerprint density at radius 1 is 1.03 bits per heavy atom. The van der Waals surface area contributed by atoms with Crippen molar-refractivity contribution in [3.63, 3.8) is 0 Å². The molecule has 0 aliphatic carbocycles. The van der Waals surface area contributed by atoms with Gasteiger partial charge in [-0.3, -0.25) is 9.69 Å². The van der Waals surface area contributed by atoms with Crippen LogP contribution in [0.15, 0.2) is 70.6 Å². The zero-order chi connectivity index (χ0) is 23.4. The van der Waals surface area contributed by atoms with Crippen molar-refractivity contribution in [2.45, 2.75) is 34.1 Å². The third-order valence-corrected chi connectivity index (χ3v) is 6.38. The van der Waals surface area contributed by atoms with E-state index in [1.807, 2.05) is 54.6 Å². The second-order valence-electron chi connectivity index (χ2n) is 8.70. The van der Waals surface area contributed by atoms with Crippen LogP contribution in [0.1, 0.15) is 38.3 Å². The molecule has 0 bridgehead atoms. The van der Waals surface area contributed by atoms with Gasteiger partial charge in [0.2, 0.25) is 0 Å². The first-order chi connectivity index (χ1) is 16.0. The van der Waals surface area contributed by atoms with Crippen molar-refractivity contribution >= 4 is 45.4 Å². The molecule has 0 N–H and O–H groups in total. The highest BCUT2D eigenvalue weighted by Gasteiger charge is 2.32. The van der Waals surface area contributed by atoms with Gasteiger partial charge in [0.25, 0.3) is 5.91 Å². The molecule has 1 heterocycles. The number of hydrogen-bond donors (Lipinski definition) is 0. The highest BCUT2D eigenvalue weighted by Crippen LogP contribution is 2.37. The van der Waals surface area contributed by atoms with E-state index in [9.17, 15) is 4.79 Å². The zero-order valence-electron chi connectivity index (χ0n) is 19.7. The van der Waals surface area contributed by atoms with Crippen LogP contribution in [-0.2, 0) is 4.79 Å². The molecule has 1 fully saturated rings. The van der Waals surface area contributed by atoms with Crippen LogP contribution in [-0.4, -0.2) is 29.1 Å². The molecule has 0 spiro atoms. The fourth-order valence-corrected chi connectivity index (χ4v) is 4.70. The molecule has 0 saturated carbocycles. The standard InChI is InChI=1S/C28H30N2O2S/c1-5-16-30-27(31)26(33-28(30)29-22-13-10-20(4)11-14-22)17-21-12-15-25(32-18-19(2)3)24-9-7-6-8-23(21)24/h6-15,17,19H,5,16,18H2,1-4H3/b26-17+,29-28?. The molecule has 0 aromatic heterocycles. The second-order valence-corrected chi connectivity index (χ2v) is 9.71. The first-order valence-corrected chi connectivity index (χ1v) is 12.3. The first kappa shape index (κ1) is 23.1. The number of amides is 1. The van der Waals surface area contributed by atoms with E-state index < -0.39 is 0 Å². The lowest BCUT2D eigenvalue weighted by atomic mass is 10.0. The number of rotatable bonds is 7. The van der Waals surface area contributed by atoms with Gasteiger partial charge in [-0.15, -0.1) is 0 Å². The molecule has 5 heteroatoms. The van der Waals surface area contributed by atoms with Gasteiger partial charge in [0.05, 0.1) is 17.2 Å². The van der Waals surface area contributed by atoms with Gasteiger partial charge in [-0.1, -0.05) is 68.8 Å². The quantitative estimate of drug-likeness (QED) is 0.352. The number of nitrogens with zero attached hydrogens (tertiary/aromatic N) is 2. The summed E-state index contributed by atoms with van der Waals surface area (Å²) in [5, 5.41) is 2.87. The predicted octanol–water partition coefficient (Wildman–Crippen LogP) is 7.20. The number of carbonyl (C=O) groups excluding carboxylic acids is 1. The number of hydrogen-bond acceptors (Lipinski definition) is 4. The monoisotopic (exact) mass is 458 g/mol. The van der Waals surface area contributed by atoms with Crippen molar-refractivity contribution in [3.8, 4) is 5.75 Å². The maximum Gasteiger partial charge on any atom is 0.266 e. The van der Waals surface area contributed by atoms with Gasteiger partial charge in [-0.2, -0.15) is 0 Å². The molecule has 0 atom stereocenters. The van der Waals surface area contributed by atoms with Crippen molar-refractivity contribution in [3.05, 3.63) is 76.7 Å². The third kappa shape index (κ3) is 5.31. The Bertz CT molecular complexity index is 1210. The van der Waals surface area contributed by atoms with Crippen molar-refractivity contribution < 1.29 is 9.53 Å². The molecule has 4 nitrogen and oxygen atoms in total. The van der Waals surface area contributed by atoms with Crippen LogP contribution in [0.3, 0.4) is 0 Å². The highest BCUT2D eigenvalue weighted by atomic mass is 32.2. The second kappa shape index (κ2) is 10.3. The van der Waals surface area contributed by atoms with E-state index in [2.05, 4.69) is 39.8 Å². The lowest BCUT2D eigenvalue weighted by molar-refractivity contribution is -0.122. The molecule has 0 unspecified atom stereocenters. The number of fused-ring (bicyclic) bond motifs is 1. The van der Waals surface area contributed by atoms with Crippen molar-refractivity contribution in [1.82, 2.24) is 4.90 Å². The summed E-state index contributed by atoms with van der Waals surface area (Å²) >= 11 is 1.44. The topological polar surface area (TPSA) is 41.9 Å². The Kier molecular flexibility index (Phi) is 7.19. The minimum absolute atomic E-state index is 0.0110. The number of carbonyl (C=O) groups is 1. The van der Waals surface area contributed by atoms with Crippen molar-refractivity contribution in [1.29, 1.82) is 0 Å². The number of aliphatic imine (C=N–C) groups is 1. The van der Waals surface area contributed by atoms with E-state index >= 15 is 0 Å². The zero-order valence-corrected chi connectivity index (χ0v) is 20.5.